The molecule has 3 aromatic carbocycles. The Kier molecular flexibility index (Phi) is 4.79. The number of fused-ring (bicyclic) bond motifs is 2. The van der Waals surface area contributed by atoms with Gasteiger partial charge < -0.3 is 9.67 Å². The summed E-state index contributed by atoms with van der Waals surface area (Å²) >= 11 is 1.33. The number of thiazole rings is 1. The van der Waals surface area contributed by atoms with Crippen molar-refractivity contribution in [2.24, 2.45) is 4.99 Å². The zero-order valence-electron chi connectivity index (χ0n) is 15.2. The van der Waals surface area contributed by atoms with E-state index in [0.717, 1.165) is 21.0 Å². The second kappa shape index (κ2) is 7.40. The van der Waals surface area contributed by atoms with Gasteiger partial charge in [0.1, 0.15) is 6.04 Å². The first kappa shape index (κ1) is 18.1. The van der Waals surface area contributed by atoms with Gasteiger partial charge in [-0.05, 0) is 35.4 Å². The molecule has 1 amide bonds. The van der Waals surface area contributed by atoms with E-state index in [1.165, 1.54) is 11.3 Å². The van der Waals surface area contributed by atoms with Gasteiger partial charge in [0.05, 0.1) is 10.2 Å². The second-order valence-corrected chi connectivity index (χ2v) is 7.44. The van der Waals surface area contributed by atoms with Crippen molar-refractivity contribution in [3.63, 3.8) is 0 Å². The van der Waals surface area contributed by atoms with Crippen LogP contribution in [-0.4, -0.2) is 21.6 Å². The van der Waals surface area contributed by atoms with Crippen LogP contribution >= 0.6 is 11.3 Å². The summed E-state index contributed by atoms with van der Waals surface area (Å²) < 4.78 is 2.55. The highest BCUT2D eigenvalue weighted by atomic mass is 32.1. The van der Waals surface area contributed by atoms with Crippen LogP contribution in [0, 0.1) is 0 Å². The molecule has 0 fully saturated rings. The minimum Gasteiger partial charge on any atom is -0.480 e. The summed E-state index contributed by atoms with van der Waals surface area (Å²) in [5.41, 5.74) is 1.27. The molecule has 1 aromatic heterocycles. The lowest BCUT2D eigenvalue weighted by molar-refractivity contribution is -0.140. The highest BCUT2D eigenvalue weighted by molar-refractivity contribution is 7.16. The summed E-state index contributed by atoms with van der Waals surface area (Å²) in [6.45, 7) is 1.81. The molecule has 0 aliphatic carbocycles. The third-order valence-electron chi connectivity index (χ3n) is 4.73. The van der Waals surface area contributed by atoms with Crippen molar-refractivity contribution in [1.82, 2.24) is 4.57 Å². The third-order valence-corrected chi connectivity index (χ3v) is 5.77. The van der Waals surface area contributed by atoms with Crippen molar-refractivity contribution in [1.29, 1.82) is 0 Å². The highest BCUT2D eigenvalue weighted by Gasteiger charge is 2.22. The molecule has 6 heteroatoms. The SMILES string of the molecule is CCC(C(=O)O)n1/c(=N\C(=O)c2cccc3ccccc23)sc2ccccc21. The number of carbonyl (C=O) groups is 2. The van der Waals surface area contributed by atoms with Gasteiger partial charge in [-0.3, -0.25) is 4.79 Å². The number of carboxylic acid groups (broad SMARTS) is 1. The molecule has 5 nitrogen and oxygen atoms in total. The fourth-order valence-corrected chi connectivity index (χ4v) is 4.46. The Morgan fingerprint density at radius 1 is 1.04 bits per heavy atom. The molecular formula is C22H18N2O3S. The standard InChI is InChI=1S/C22H18N2O3S/c1-2-17(21(26)27)24-18-12-5-6-13-19(18)28-22(24)23-20(25)16-11-7-9-14-8-3-4-10-15(14)16/h3-13,17H,2H2,1H3,(H,26,27)/b23-22+. The van der Waals surface area contributed by atoms with E-state index >= 15 is 0 Å². The smallest absolute Gasteiger partial charge is 0.326 e. The van der Waals surface area contributed by atoms with Gasteiger partial charge in [0.15, 0.2) is 4.80 Å². The third kappa shape index (κ3) is 3.12. The largest absolute Gasteiger partial charge is 0.480 e. The van der Waals surface area contributed by atoms with Gasteiger partial charge in [0.2, 0.25) is 0 Å². The average molecular weight is 390 g/mol. The predicted molar refractivity (Wildman–Crippen MR) is 111 cm³/mol. The van der Waals surface area contributed by atoms with Crippen LogP contribution in [0.1, 0.15) is 29.7 Å². The van der Waals surface area contributed by atoms with Gasteiger partial charge in [-0.1, -0.05) is 66.8 Å². The highest BCUT2D eigenvalue weighted by Crippen LogP contribution is 2.23. The minimum absolute atomic E-state index is 0.377. The van der Waals surface area contributed by atoms with E-state index in [-0.39, 0.29) is 5.91 Å². The molecule has 28 heavy (non-hydrogen) atoms. The van der Waals surface area contributed by atoms with Crippen LogP contribution < -0.4 is 4.80 Å². The molecule has 1 atom stereocenters. The molecule has 0 radical (unpaired) electrons. The normalized spacial score (nSPS) is 13.1. The van der Waals surface area contributed by atoms with E-state index in [0.29, 0.717) is 16.8 Å². The topological polar surface area (TPSA) is 71.7 Å². The van der Waals surface area contributed by atoms with Gasteiger partial charge >= 0.3 is 5.97 Å². The van der Waals surface area contributed by atoms with Gasteiger partial charge in [-0.2, -0.15) is 4.99 Å². The molecule has 1 unspecified atom stereocenters. The van der Waals surface area contributed by atoms with Crippen molar-refractivity contribution in [2.45, 2.75) is 19.4 Å². The van der Waals surface area contributed by atoms with Crippen molar-refractivity contribution in [3.8, 4) is 0 Å². The molecule has 0 bridgehead atoms. The van der Waals surface area contributed by atoms with Crippen LogP contribution in [0.4, 0.5) is 0 Å². The maximum Gasteiger partial charge on any atom is 0.326 e. The number of aliphatic carboxylic acids is 1. The van der Waals surface area contributed by atoms with Gasteiger partial charge in [-0.15, -0.1) is 0 Å². The van der Waals surface area contributed by atoms with Crippen molar-refractivity contribution < 1.29 is 14.7 Å². The number of hydrogen-bond donors (Lipinski definition) is 1. The predicted octanol–water partition coefficient (Wildman–Crippen LogP) is 4.63. The number of rotatable bonds is 4. The fraction of sp³-hybridized carbons (Fsp3) is 0.136. The lowest BCUT2D eigenvalue weighted by atomic mass is 10.0. The minimum atomic E-state index is -0.940. The molecule has 4 rings (SSSR count). The monoisotopic (exact) mass is 390 g/mol. The van der Waals surface area contributed by atoms with Crippen LogP contribution in [0.3, 0.4) is 0 Å². The molecule has 1 N–H and O–H groups in total. The van der Waals surface area contributed by atoms with Crippen LogP contribution in [0.25, 0.3) is 21.0 Å². The molecule has 0 aliphatic heterocycles. The molecule has 140 valence electrons. The lowest BCUT2D eigenvalue weighted by Gasteiger charge is -2.13. The fourth-order valence-electron chi connectivity index (χ4n) is 3.40. The van der Waals surface area contributed by atoms with Crippen LogP contribution in [0.5, 0.6) is 0 Å². The summed E-state index contributed by atoms with van der Waals surface area (Å²) in [5, 5.41) is 11.5. The maximum absolute atomic E-state index is 13.0. The van der Waals surface area contributed by atoms with Gasteiger partial charge in [-0.25, -0.2) is 4.79 Å². The Balaban J connectivity index is 1.94. The second-order valence-electron chi connectivity index (χ2n) is 6.43. The quantitative estimate of drug-likeness (QED) is 0.552. The number of carbonyl (C=O) groups excluding carboxylic acids is 1. The summed E-state index contributed by atoms with van der Waals surface area (Å²) in [6.07, 6.45) is 0.395. The Morgan fingerprint density at radius 2 is 1.75 bits per heavy atom. The van der Waals surface area contributed by atoms with E-state index in [4.69, 9.17) is 0 Å². The van der Waals surface area contributed by atoms with Crippen molar-refractivity contribution in [3.05, 3.63) is 77.1 Å². The Morgan fingerprint density at radius 3 is 2.54 bits per heavy atom. The molecule has 1 heterocycles. The zero-order valence-corrected chi connectivity index (χ0v) is 16.0. The number of hydrogen-bond acceptors (Lipinski definition) is 3. The first-order valence-corrected chi connectivity index (χ1v) is 9.81. The number of para-hydroxylation sites is 1. The van der Waals surface area contributed by atoms with Crippen LogP contribution in [0.2, 0.25) is 0 Å². The maximum atomic E-state index is 13.0. The lowest BCUT2D eigenvalue weighted by Crippen LogP contribution is -2.27. The Labute approximate surface area is 165 Å². The average Bonchev–Trinajstić information content (AvgIpc) is 3.05. The van der Waals surface area contributed by atoms with Crippen LogP contribution in [-0.2, 0) is 4.79 Å². The summed E-state index contributed by atoms with van der Waals surface area (Å²) in [5.74, 6) is -1.32. The van der Waals surface area contributed by atoms with Gasteiger partial charge in [0, 0.05) is 5.56 Å². The number of nitrogens with zero attached hydrogens (tertiary/aromatic N) is 2. The Bertz CT molecular complexity index is 1260. The summed E-state index contributed by atoms with van der Waals surface area (Å²) in [6, 6.07) is 19.9. The van der Waals surface area contributed by atoms with E-state index < -0.39 is 12.0 Å². The van der Waals surface area contributed by atoms with Gasteiger partial charge in [0.25, 0.3) is 5.91 Å². The number of carboxylic acids is 1. The number of aromatic nitrogens is 1. The van der Waals surface area contributed by atoms with E-state index in [1.54, 1.807) is 10.6 Å². The van der Waals surface area contributed by atoms with Crippen LogP contribution in [0.15, 0.2) is 71.7 Å². The molecule has 0 spiro atoms. The molecule has 4 aromatic rings. The number of benzene rings is 3. The van der Waals surface area contributed by atoms with E-state index in [1.807, 2.05) is 67.6 Å². The molecular weight excluding hydrogens is 372 g/mol. The first-order valence-electron chi connectivity index (χ1n) is 9.00. The molecule has 0 saturated carbocycles. The summed E-state index contributed by atoms with van der Waals surface area (Å²) in [4.78, 5) is 29.6. The molecule has 0 aliphatic rings. The number of amides is 1. The molecule has 0 saturated heterocycles. The zero-order chi connectivity index (χ0) is 19.7. The Hall–Kier alpha value is -3.25. The van der Waals surface area contributed by atoms with E-state index in [2.05, 4.69) is 4.99 Å². The van der Waals surface area contributed by atoms with Crippen molar-refractivity contribution >= 4 is 44.2 Å². The van der Waals surface area contributed by atoms with Crippen molar-refractivity contribution in [2.75, 3.05) is 0 Å². The summed E-state index contributed by atoms with van der Waals surface area (Å²) in [7, 11) is 0. The first-order chi connectivity index (χ1) is 13.6. The van der Waals surface area contributed by atoms with E-state index in [9.17, 15) is 14.7 Å².